The third-order valence-electron chi connectivity index (χ3n) is 4.49. The first-order valence-electron chi connectivity index (χ1n) is 8.32. The van der Waals surface area contributed by atoms with Crippen LogP contribution in [0.5, 0.6) is 0 Å². The van der Waals surface area contributed by atoms with E-state index in [2.05, 4.69) is 15.5 Å². The lowest BCUT2D eigenvalue weighted by Gasteiger charge is -2.34. The molecule has 0 atom stereocenters. The van der Waals surface area contributed by atoms with Crippen molar-refractivity contribution >= 4 is 27.1 Å². The molecule has 1 amide bonds. The second-order valence-electron chi connectivity index (χ2n) is 6.30. The number of carbonyl (C=O) groups is 1. The monoisotopic (exact) mass is 383 g/mol. The molecule has 136 valence electrons. The Kier molecular flexibility index (Phi) is 5.24. The first-order valence-corrected chi connectivity index (χ1v) is 11.1. The van der Waals surface area contributed by atoms with Crippen LogP contribution in [0.2, 0.25) is 0 Å². The van der Waals surface area contributed by atoms with E-state index >= 15 is 0 Å². The standard InChI is InChI=1S/C16H21N3O4S2/c1-2-25(21,22)11-13(20)18-16(7-4-3-5-8-16)15-17-14(19-23-15)12-6-9-24-10-12/h6,9-10H,2-5,7-8,11H2,1H3,(H,18,20). The van der Waals surface area contributed by atoms with Gasteiger partial charge < -0.3 is 9.84 Å². The van der Waals surface area contributed by atoms with Crippen LogP contribution >= 0.6 is 11.3 Å². The highest BCUT2D eigenvalue weighted by Gasteiger charge is 2.41. The molecule has 0 unspecified atom stereocenters. The summed E-state index contributed by atoms with van der Waals surface area (Å²) in [6.45, 7) is 1.53. The van der Waals surface area contributed by atoms with Gasteiger partial charge in [0.2, 0.25) is 11.7 Å². The number of aromatic nitrogens is 2. The van der Waals surface area contributed by atoms with Gasteiger partial charge in [-0.1, -0.05) is 31.3 Å². The quantitative estimate of drug-likeness (QED) is 0.822. The molecule has 0 radical (unpaired) electrons. The molecule has 2 heterocycles. The summed E-state index contributed by atoms with van der Waals surface area (Å²) in [5.74, 6) is -0.251. The fraction of sp³-hybridized carbons (Fsp3) is 0.562. The molecule has 0 aromatic carbocycles. The minimum absolute atomic E-state index is 0.0592. The van der Waals surface area contributed by atoms with E-state index in [0.29, 0.717) is 24.6 Å². The number of hydrogen-bond acceptors (Lipinski definition) is 7. The first-order chi connectivity index (χ1) is 11.9. The number of thiophene rings is 1. The molecule has 1 fully saturated rings. The number of carbonyl (C=O) groups excluding carboxylic acids is 1. The predicted octanol–water partition coefficient (Wildman–Crippen LogP) is 2.51. The molecule has 7 nitrogen and oxygen atoms in total. The number of nitrogens with one attached hydrogen (secondary N) is 1. The van der Waals surface area contributed by atoms with Gasteiger partial charge in [-0.3, -0.25) is 4.79 Å². The van der Waals surface area contributed by atoms with Crippen LogP contribution < -0.4 is 5.32 Å². The predicted molar refractivity (Wildman–Crippen MR) is 94.8 cm³/mol. The van der Waals surface area contributed by atoms with Crippen molar-refractivity contribution in [1.29, 1.82) is 0 Å². The van der Waals surface area contributed by atoms with Gasteiger partial charge in [-0.05, 0) is 24.3 Å². The van der Waals surface area contributed by atoms with E-state index in [0.717, 1.165) is 24.8 Å². The van der Waals surface area contributed by atoms with Crippen molar-refractivity contribution < 1.29 is 17.7 Å². The topological polar surface area (TPSA) is 102 Å². The lowest BCUT2D eigenvalue weighted by atomic mass is 9.81. The average Bonchev–Trinajstić information content (AvgIpc) is 3.26. The molecule has 2 aromatic heterocycles. The summed E-state index contributed by atoms with van der Waals surface area (Å²) in [5, 5.41) is 10.8. The normalized spacial score (nSPS) is 17.3. The summed E-state index contributed by atoms with van der Waals surface area (Å²) in [7, 11) is -3.39. The highest BCUT2D eigenvalue weighted by Crippen LogP contribution is 2.37. The van der Waals surface area contributed by atoms with Gasteiger partial charge in [0, 0.05) is 16.7 Å². The molecule has 1 aliphatic carbocycles. The second kappa shape index (κ2) is 7.25. The molecule has 0 bridgehead atoms. The molecule has 25 heavy (non-hydrogen) atoms. The average molecular weight is 383 g/mol. The fourth-order valence-corrected chi connectivity index (χ4v) is 4.39. The molecule has 0 aliphatic heterocycles. The van der Waals surface area contributed by atoms with Gasteiger partial charge in [0.05, 0.1) is 0 Å². The van der Waals surface area contributed by atoms with Crippen LogP contribution in [0.4, 0.5) is 0 Å². The van der Waals surface area contributed by atoms with E-state index in [1.54, 1.807) is 0 Å². The van der Waals surface area contributed by atoms with E-state index < -0.39 is 27.0 Å². The summed E-state index contributed by atoms with van der Waals surface area (Å²) in [4.78, 5) is 16.8. The molecule has 2 aromatic rings. The van der Waals surface area contributed by atoms with E-state index in [4.69, 9.17) is 4.52 Å². The van der Waals surface area contributed by atoms with Crippen LogP contribution in [0.1, 0.15) is 44.9 Å². The third-order valence-corrected chi connectivity index (χ3v) is 6.76. The summed E-state index contributed by atoms with van der Waals surface area (Å²) < 4.78 is 28.9. The highest BCUT2D eigenvalue weighted by molar-refractivity contribution is 7.92. The maximum Gasteiger partial charge on any atom is 0.252 e. The molecule has 3 rings (SSSR count). The van der Waals surface area contributed by atoms with Gasteiger partial charge >= 0.3 is 0 Å². The van der Waals surface area contributed by atoms with Crippen LogP contribution in [0.25, 0.3) is 11.4 Å². The zero-order chi connectivity index (χ0) is 17.9. The lowest BCUT2D eigenvalue weighted by molar-refractivity contribution is -0.121. The Morgan fingerprint density at radius 2 is 2.12 bits per heavy atom. The first kappa shape index (κ1) is 18.1. The Bertz CT molecular complexity index is 821. The summed E-state index contributed by atoms with van der Waals surface area (Å²) in [5.41, 5.74) is 0.0886. The molecule has 0 saturated heterocycles. The Balaban J connectivity index is 1.85. The van der Waals surface area contributed by atoms with Crippen molar-refractivity contribution in [1.82, 2.24) is 15.5 Å². The zero-order valence-electron chi connectivity index (χ0n) is 14.0. The van der Waals surface area contributed by atoms with Gasteiger partial charge in [-0.25, -0.2) is 8.42 Å². The fourth-order valence-electron chi connectivity index (χ4n) is 3.08. The largest absolute Gasteiger partial charge is 0.341 e. The minimum atomic E-state index is -3.39. The Hall–Kier alpha value is -1.74. The molecule has 1 N–H and O–H groups in total. The maximum absolute atomic E-state index is 12.3. The maximum atomic E-state index is 12.3. The van der Waals surface area contributed by atoms with E-state index in [9.17, 15) is 13.2 Å². The summed E-state index contributed by atoms with van der Waals surface area (Å²) in [6, 6.07) is 1.90. The Labute approximate surface area is 150 Å². The second-order valence-corrected chi connectivity index (χ2v) is 9.44. The molecule has 1 aliphatic rings. The van der Waals surface area contributed by atoms with E-state index in [1.165, 1.54) is 18.3 Å². The number of nitrogens with zero attached hydrogens (tertiary/aromatic N) is 2. The Morgan fingerprint density at radius 1 is 1.36 bits per heavy atom. The number of sulfone groups is 1. The van der Waals surface area contributed by atoms with E-state index in [-0.39, 0.29) is 5.75 Å². The van der Waals surface area contributed by atoms with Crippen LogP contribution in [0.15, 0.2) is 21.3 Å². The summed E-state index contributed by atoms with van der Waals surface area (Å²) in [6.07, 6.45) is 4.22. The van der Waals surface area contributed by atoms with Crippen molar-refractivity contribution in [3.63, 3.8) is 0 Å². The van der Waals surface area contributed by atoms with Crippen molar-refractivity contribution in [2.24, 2.45) is 0 Å². The van der Waals surface area contributed by atoms with Crippen molar-refractivity contribution in [2.45, 2.75) is 44.6 Å². The molecule has 0 spiro atoms. The van der Waals surface area contributed by atoms with Gasteiger partial charge in [0.25, 0.3) is 5.89 Å². The smallest absolute Gasteiger partial charge is 0.252 e. The van der Waals surface area contributed by atoms with Gasteiger partial charge in [-0.15, -0.1) is 0 Å². The van der Waals surface area contributed by atoms with Crippen LogP contribution in [-0.2, 0) is 20.2 Å². The number of amides is 1. The molecule has 1 saturated carbocycles. The van der Waals surface area contributed by atoms with E-state index in [1.807, 2.05) is 16.8 Å². The number of hydrogen-bond donors (Lipinski definition) is 1. The number of rotatable bonds is 6. The van der Waals surface area contributed by atoms with Crippen LogP contribution in [0.3, 0.4) is 0 Å². The lowest BCUT2D eigenvalue weighted by Crippen LogP contribution is -2.49. The highest BCUT2D eigenvalue weighted by atomic mass is 32.2. The molecular formula is C16H21N3O4S2. The molecule has 9 heteroatoms. The summed E-state index contributed by atoms with van der Waals surface area (Å²) >= 11 is 1.54. The SMILES string of the molecule is CCS(=O)(=O)CC(=O)NC1(c2nc(-c3ccsc3)no2)CCCCC1. The van der Waals surface area contributed by atoms with Crippen molar-refractivity contribution in [3.05, 3.63) is 22.7 Å². The van der Waals surface area contributed by atoms with Crippen LogP contribution in [0, 0.1) is 0 Å². The van der Waals surface area contributed by atoms with Gasteiger partial charge in [0.15, 0.2) is 9.84 Å². The molecular weight excluding hydrogens is 362 g/mol. The Morgan fingerprint density at radius 3 is 2.76 bits per heavy atom. The van der Waals surface area contributed by atoms with Crippen molar-refractivity contribution in [2.75, 3.05) is 11.5 Å². The zero-order valence-corrected chi connectivity index (χ0v) is 15.7. The van der Waals surface area contributed by atoms with Crippen LogP contribution in [-0.4, -0.2) is 36.0 Å². The van der Waals surface area contributed by atoms with Crippen molar-refractivity contribution in [3.8, 4) is 11.4 Å². The van der Waals surface area contributed by atoms with Gasteiger partial charge in [0.1, 0.15) is 11.3 Å². The third kappa shape index (κ3) is 4.09. The van der Waals surface area contributed by atoms with Gasteiger partial charge in [-0.2, -0.15) is 16.3 Å². The minimum Gasteiger partial charge on any atom is -0.341 e.